The summed E-state index contributed by atoms with van der Waals surface area (Å²) in [4.78, 5) is 8.46. The Hall–Kier alpha value is -2.58. The monoisotopic (exact) mass is 454 g/mol. The van der Waals surface area contributed by atoms with Crippen LogP contribution in [0, 0.1) is 5.82 Å². The smallest absolute Gasteiger partial charge is 0.216 e. The van der Waals surface area contributed by atoms with Crippen LogP contribution in [0.15, 0.2) is 42.7 Å². The summed E-state index contributed by atoms with van der Waals surface area (Å²) in [6.45, 7) is 3.76. The highest BCUT2D eigenvalue weighted by molar-refractivity contribution is 7.89. The first-order valence-electron chi connectivity index (χ1n) is 11.1. The molecular formula is C24H27FN4O2S. The molecule has 0 unspecified atom stereocenters. The second kappa shape index (κ2) is 8.08. The molecule has 2 aliphatic rings. The Morgan fingerprint density at radius 3 is 2.56 bits per heavy atom. The first-order valence-corrected chi connectivity index (χ1v) is 12.6. The van der Waals surface area contributed by atoms with E-state index in [0.29, 0.717) is 29.3 Å². The number of sulfonamides is 1. The van der Waals surface area contributed by atoms with Crippen molar-refractivity contribution >= 4 is 26.7 Å². The van der Waals surface area contributed by atoms with Crippen LogP contribution >= 0.6 is 0 Å². The molecule has 0 spiro atoms. The Bertz CT molecular complexity index is 1270. The van der Waals surface area contributed by atoms with Gasteiger partial charge in [-0.05, 0) is 74.4 Å². The van der Waals surface area contributed by atoms with Crippen LogP contribution in [0.25, 0.3) is 22.0 Å². The van der Waals surface area contributed by atoms with Crippen LogP contribution in [-0.4, -0.2) is 40.0 Å². The van der Waals surface area contributed by atoms with E-state index in [0.717, 1.165) is 42.4 Å². The first-order chi connectivity index (χ1) is 15.3. The van der Waals surface area contributed by atoms with Crippen LogP contribution in [0.1, 0.15) is 45.1 Å². The quantitative estimate of drug-likeness (QED) is 0.533. The van der Waals surface area contributed by atoms with Gasteiger partial charge in [-0.1, -0.05) is 18.2 Å². The van der Waals surface area contributed by atoms with Crippen molar-refractivity contribution < 1.29 is 12.8 Å². The topological polar surface area (TPSA) is 75.2 Å². The molecule has 0 atom stereocenters. The Labute approximate surface area is 187 Å². The molecule has 1 heterocycles. The van der Waals surface area contributed by atoms with Crippen molar-refractivity contribution in [1.29, 1.82) is 0 Å². The normalized spacial score (nSPS) is 16.8. The minimum absolute atomic E-state index is 0.0809. The summed E-state index contributed by atoms with van der Waals surface area (Å²) in [6, 6.07) is 11.5. The van der Waals surface area contributed by atoms with Crippen LogP contribution in [0.3, 0.4) is 0 Å². The second-order valence-electron chi connectivity index (χ2n) is 9.07. The van der Waals surface area contributed by atoms with Crippen LogP contribution in [0.2, 0.25) is 0 Å². The van der Waals surface area contributed by atoms with Gasteiger partial charge < -0.3 is 5.32 Å². The van der Waals surface area contributed by atoms with Gasteiger partial charge in [0.2, 0.25) is 10.0 Å². The summed E-state index contributed by atoms with van der Waals surface area (Å²) in [7, 11) is -3.35. The molecule has 1 aromatic heterocycles. The average Bonchev–Trinajstić information content (AvgIpc) is 3.67. The van der Waals surface area contributed by atoms with Crippen molar-refractivity contribution in [2.45, 2.75) is 63.4 Å². The van der Waals surface area contributed by atoms with Gasteiger partial charge >= 0.3 is 0 Å². The average molecular weight is 455 g/mol. The maximum Gasteiger partial charge on any atom is 0.216 e. The van der Waals surface area contributed by atoms with E-state index in [1.165, 1.54) is 12.4 Å². The number of nitrogens with one attached hydrogen (secondary N) is 1. The van der Waals surface area contributed by atoms with E-state index in [1.807, 2.05) is 30.3 Å². The minimum Gasteiger partial charge on any atom is -0.367 e. The van der Waals surface area contributed by atoms with Crippen molar-refractivity contribution in [3.8, 4) is 11.1 Å². The molecule has 2 aliphatic carbocycles. The van der Waals surface area contributed by atoms with E-state index in [1.54, 1.807) is 18.2 Å². The molecule has 0 aliphatic heterocycles. The number of anilines is 1. The maximum absolute atomic E-state index is 14.9. The molecule has 8 heteroatoms. The summed E-state index contributed by atoms with van der Waals surface area (Å²) < 4.78 is 42.3. The number of hydrogen-bond acceptors (Lipinski definition) is 5. The number of benzene rings is 2. The molecule has 32 heavy (non-hydrogen) atoms. The SMILES string of the molecule is CC(C)S(=O)(=O)N(Cc1cccc(-c2cc(F)c3ncnc(NC4CC4)c3c2)c1)C1CC1. The third-order valence-electron chi connectivity index (χ3n) is 6.09. The van der Waals surface area contributed by atoms with Crippen LogP contribution < -0.4 is 5.32 Å². The van der Waals surface area contributed by atoms with Crippen molar-refractivity contribution in [3.63, 3.8) is 0 Å². The van der Waals surface area contributed by atoms with Gasteiger partial charge in [0.05, 0.1) is 5.25 Å². The zero-order chi connectivity index (χ0) is 22.5. The van der Waals surface area contributed by atoms with E-state index in [4.69, 9.17) is 0 Å². The fourth-order valence-electron chi connectivity index (χ4n) is 3.92. The zero-order valence-electron chi connectivity index (χ0n) is 18.3. The van der Waals surface area contributed by atoms with E-state index >= 15 is 0 Å². The molecule has 5 rings (SSSR count). The molecule has 0 bridgehead atoms. The van der Waals surface area contributed by atoms with E-state index in [2.05, 4.69) is 15.3 Å². The highest BCUT2D eigenvalue weighted by Gasteiger charge is 2.38. The first kappa shape index (κ1) is 21.3. The predicted molar refractivity (Wildman–Crippen MR) is 124 cm³/mol. The minimum atomic E-state index is -3.35. The number of aromatic nitrogens is 2. The standard InChI is InChI=1S/C24H27FN4O2S/c1-15(2)32(30,31)29(20-8-9-20)13-16-4-3-5-17(10-16)18-11-21-23(22(25)12-18)26-14-27-24(21)28-19-6-7-19/h3-5,10-12,14-15,19-20H,6-9,13H2,1-2H3,(H,26,27,28). The molecule has 2 aromatic carbocycles. The van der Waals surface area contributed by atoms with Gasteiger partial charge in [0.15, 0.2) is 0 Å². The van der Waals surface area contributed by atoms with Crippen molar-refractivity contribution in [3.05, 3.63) is 54.1 Å². The Balaban J connectivity index is 1.50. The van der Waals surface area contributed by atoms with Crippen molar-refractivity contribution in [2.24, 2.45) is 0 Å². The molecule has 0 saturated heterocycles. The van der Waals surface area contributed by atoms with Gasteiger partial charge in [-0.25, -0.2) is 22.8 Å². The third-order valence-corrected chi connectivity index (χ3v) is 8.36. The van der Waals surface area contributed by atoms with Crippen LogP contribution in [-0.2, 0) is 16.6 Å². The molecular weight excluding hydrogens is 427 g/mol. The maximum atomic E-state index is 14.9. The lowest BCUT2D eigenvalue weighted by atomic mass is 10.0. The van der Waals surface area contributed by atoms with Gasteiger partial charge in [-0.15, -0.1) is 0 Å². The summed E-state index contributed by atoms with van der Waals surface area (Å²) >= 11 is 0. The Morgan fingerprint density at radius 2 is 1.88 bits per heavy atom. The number of rotatable bonds is 8. The van der Waals surface area contributed by atoms with E-state index < -0.39 is 21.1 Å². The highest BCUT2D eigenvalue weighted by atomic mass is 32.2. The fourth-order valence-corrected chi connectivity index (χ4v) is 5.41. The van der Waals surface area contributed by atoms with Crippen molar-refractivity contribution in [1.82, 2.24) is 14.3 Å². The molecule has 3 aromatic rings. The molecule has 6 nitrogen and oxygen atoms in total. The molecule has 0 radical (unpaired) electrons. The fraction of sp³-hybridized carbons (Fsp3) is 0.417. The molecule has 0 amide bonds. The number of hydrogen-bond donors (Lipinski definition) is 1. The summed E-state index contributed by atoms with van der Waals surface area (Å²) in [5.74, 6) is 0.253. The molecule has 1 N–H and O–H groups in total. The zero-order valence-corrected chi connectivity index (χ0v) is 19.1. The largest absolute Gasteiger partial charge is 0.367 e. The van der Waals surface area contributed by atoms with Gasteiger partial charge in [-0.2, -0.15) is 4.31 Å². The van der Waals surface area contributed by atoms with Crippen LogP contribution in [0.4, 0.5) is 10.2 Å². The lowest BCUT2D eigenvalue weighted by Crippen LogP contribution is -2.37. The number of fused-ring (bicyclic) bond motifs is 1. The highest BCUT2D eigenvalue weighted by Crippen LogP contribution is 2.34. The Kier molecular flexibility index (Phi) is 5.37. The lowest BCUT2D eigenvalue weighted by molar-refractivity contribution is 0.394. The molecule has 168 valence electrons. The van der Waals surface area contributed by atoms with Gasteiger partial charge in [0.25, 0.3) is 0 Å². The van der Waals surface area contributed by atoms with Gasteiger partial charge in [0, 0.05) is 24.0 Å². The van der Waals surface area contributed by atoms with Gasteiger partial charge in [-0.3, -0.25) is 0 Å². The Morgan fingerprint density at radius 1 is 1.09 bits per heavy atom. The third kappa shape index (κ3) is 4.21. The van der Waals surface area contributed by atoms with E-state index in [9.17, 15) is 12.8 Å². The molecule has 2 fully saturated rings. The van der Waals surface area contributed by atoms with E-state index in [-0.39, 0.29) is 6.04 Å². The summed E-state index contributed by atoms with van der Waals surface area (Å²) in [5, 5.41) is 3.55. The summed E-state index contributed by atoms with van der Waals surface area (Å²) in [6.07, 6.45) is 5.37. The van der Waals surface area contributed by atoms with Crippen LogP contribution in [0.5, 0.6) is 0 Å². The number of nitrogens with zero attached hydrogens (tertiary/aromatic N) is 3. The van der Waals surface area contributed by atoms with Gasteiger partial charge in [0.1, 0.15) is 23.5 Å². The lowest BCUT2D eigenvalue weighted by Gasteiger charge is -2.24. The summed E-state index contributed by atoms with van der Waals surface area (Å²) in [5.41, 5.74) is 2.74. The second-order valence-corrected chi connectivity index (χ2v) is 11.5. The molecule has 2 saturated carbocycles. The van der Waals surface area contributed by atoms with Crippen molar-refractivity contribution in [2.75, 3.05) is 5.32 Å². The number of halogens is 1. The predicted octanol–water partition coefficient (Wildman–Crippen LogP) is 4.71.